The number of hydrogen-bond donors (Lipinski definition) is 2. The van der Waals surface area contributed by atoms with Gasteiger partial charge in [-0.3, -0.25) is 4.57 Å². The van der Waals surface area contributed by atoms with Crippen molar-refractivity contribution in [3.05, 3.63) is 140 Å². The lowest BCUT2D eigenvalue weighted by molar-refractivity contribution is 0.387. The fourth-order valence-corrected chi connectivity index (χ4v) is 6.79. The van der Waals surface area contributed by atoms with Gasteiger partial charge in [0.05, 0.1) is 27.4 Å². The second kappa shape index (κ2) is 9.30. The Bertz CT molecular complexity index is 2290. The van der Waals surface area contributed by atoms with Crippen molar-refractivity contribution in [2.24, 2.45) is 0 Å². The lowest BCUT2D eigenvalue weighted by Crippen LogP contribution is -2.03. The van der Waals surface area contributed by atoms with Gasteiger partial charge in [-0.25, -0.2) is 0 Å². The molecule has 0 saturated carbocycles. The summed E-state index contributed by atoms with van der Waals surface area (Å²) in [6.07, 6.45) is 0. The first kappa shape index (κ1) is 24.8. The lowest BCUT2D eigenvalue weighted by Gasteiger charge is -2.11. The molecule has 0 aliphatic rings. The average Bonchev–Trinajstić information content (AvgIpc) is 3.54. The largest absolute Gasteiger partial charge is 0.356 e. The van der Waals surface area contributed by atoms with Gasteiger partial charge in [-0.15, -0.1) is 0 Å². The molecule has 2 N–H and O–H groups in total. The number of benzene rings is 6. The van der Waals surface area contributed by atoms with E-state index in [-0.39, 0.29) is 5.30 Å². The number of rotatable bonds is 4. The third-order valence-electron chi connectivity index (χ3n) is 8.16. The Morgan fingerprint density at radius 3 is 1.24 bits per heavy atom. The maximum absolute atomic E-state index is 12.0. The molecule has 0 saturated heterocycles. The van der Waals surface area contributed by atoms with Crippen molar-refractivity contribution in [1.29, 1.82) is 0 Å². The number of fused-ring (bicyclic) bond motifs is 6. The molecule has 0 aliphatic heterocycles. The Morgan fingerprint density at radius 1 is 0.429 bits per heavy atom. The van der Waals surface area contributed by atoms with E-state index in [1.165, 1.54) is 27.9 Å². The monoisotopic (exact) mass is 564 g/mol. The fourth-order valence-electron chi connectivity index (χ4n) is 6.23. The van der Waals surface area contributed by atoms with Crippen molar-refractivity contribution >= 4 is 56.5 Å². The van der Waals surface area contributed by atoms with E-state index < -0.39 is 7.60 Å². The Labute approximate surface area is 241 Å². The molecule has 0 amide bonds. The molecule has 6 aromatic carbocycles. The maximum atomic E-state index is 12.0. The summed E-state index contributed by atoms with van der Waals surface area (Å²) < 4.78 is 16.4. The molecule has 5 nitrogen and oxygen atoms in total. The van der Waals surface area contributed by atoms with E-state index in [9.17, 15) is 14.4 Å². The Balaban J connectivity index is 1.19. The molecule has 6 heteroatoms. The minimum Gasteiger partial charge on any atom is -0.321 e. The van der Waals surface area contributed by atoms with E-state index >= 15 is 0 Å². The molecule has 0 unspecified atom stereocenters. The molecule has 8 rings (SSSR count). The summed E-state index contributed by atoms with van der Waals surface area (Å²) >= 11 is 0. The van der Waals surface area contributed by atoms with E-state index in [1.807, 2.05) is 24.3 Å². The van der Waals surface area contributed by atoms with Crippen LogP contribution in [0.4, 0.5) is 0 Å². The van der Waals surface area contributed by atoms with Crippen LogP contribution in [-0.2, 0) is 4.57 Å². The second-order valence-corrected chi connectivity index (χ2v) is 12.2. The van der Waals surface area contributed by atoms with Crippen LogP contribution in [0.15, 0.2) is 140 Å². The highest BCUT2D eigenvalue weighted by Gasteiger charge is 2.20. The van der Waals surface area contributed by atoms with Crippen LogP contribution in [0.2, 0.25) is 0 Å². The van der Waals surface area contributed by atoms with Crippen LogP contribution < -0.4 is 5.30 Å². The molecular weight excluding hydrogens is 539 g/mol. The predicted molar refractivity (Wildman–Crippen MR) is 172 cm³/mol. The Morgan fingerprint density at radius 2 is 0.810 bits per heavy atom. The minimum atomic E-state index is -4.36. The van der Waals surface area contributed by atoms with Crippen molar-refractivity contribution < 1.29 is 14.4 Å². The normalized spacial score (nSPS) is 12.1. The standard InChI is InChI=1S/C36H25N2O3P/c39-42(40,41)28-21-22-36-32(23-28)31-9-3-6-12-35(31)38(36)27-19-15-25(16-20-27)24-13-17-26(18-14-24)37-33-10-4-1-7-29(33)30-8-2-5-11-34(30)37/h1-23H,(H2,39,40,41). The number of aromatic nitrogens is 2. The summed E-state index contributed by atoms with van der Waals surface area (Å²) in [6, 6.07) is 47.0. The second-order valence-electron chi connectivity index (χ2n) is 10.6. The van der Waals surface area contributed by atoms with Gasteiger partial charge < -0.3 is 18.9 Å². The van der Waals surface area contributed by atoms with Gasteiger partial charge in [0.2, 0.25) is 0 Å². The summed E-state index contributed by atoms with van der Waals surface area (Å²) in [4.78, 5) is 19.5. The molecule has 42 heavy (non-hydrogen) atoms. The van der Waals surface area contributed by atoms with E-state index in [4.69, 9.17) is 0 Å². The smallest absolute Gasteiger partial charge is 0.321 e. The summed E-state index contributed by atoms with van der Waals surface area (Å²) in [5.41, 5.74) is 8.60. The topological polar surface area (TPSA) is 67.4 Å². The molecule has 0 spiro atoms. The lowest BCUT2D eigenvalue weighted by atomic mass is 10.0. The quantitative estimate of drug-likeness (QED) is 0.211. The highest BCUT2D eigenvalue weighted by Crippen LogP contribution is 2.38. The molecule has 2 heterocycles. The predicted octanol–water partition coefficient (Wildman–Crippen LogP) is 8.35. The maximum Gasteiger partial charge on any atom is 0.356 e. The SMILES string of the molecule is O=P(O)(O)c1ccc2c(c1)c1ccccc1n2-c1ccc(-c2ccc(-n3c4ccccc4c4ccccc43)cc2)cc1. The van der Waals surface area contributed by atoms with Gasteiger partial charge in [-0.1, -0.05) is 78.9 Å². The third-order valence-corrected chi connectivity index (χ3v) is 9.11. The summed E-state index contributed by atoms with van der Waals surface area (Å²) in [7, 11) is -4.36. The van der Waals surface area contributed by atoms with Crippen LogP contribution in [0, 0.1) is 0 Å². The molecule has 202 valence electrons. The minimum absolute atomic E-state index is 0.0256. The van der Waals surface area contributed by atoms with Crippen molar-refractivity contribution in [3.63, 3.8) is 0 Å². The van der Waals surface area contributed by atoms with E-state index in [1.54, 1.807) is 12.1 Å². The molecule has 0 fully saturated rings. The van der Waals surface area contributed by atoms with Crippen LogP contribution in [0.1, 0.15) is 0 Å². The Hall–Kier alpha value is -4.93. The van der Waals surface area contributed by atoms with Gasteiger partial charge in [-0.2, -0.15) is 0 Å². The third kappa shape index (κ3) is 3.83. The van der Waals surface area contributed by atoms with Crippen molar-refractivity contribution in [2.45, 2.75) is 0 Å². The van der Waals surface area contributed by atoms with Crippen LogP contribution >= 0.6 is 7.60 Å². The first-order valence-corrected chi connectivity index (χ1v) is 15.4. The van der Waals surface area contributed by atoms with E-state index in [0.717, 1.165) is 44.3 Å². The number of hydrogen-bond acceptors (Lipinski definition) is 1. The van der Waals surface area contributed by atoms with E-state index in [0.29, 0.717) is 0 Å². The number of nitrogens with zero attached hydrogens (tertiary/aromatic N) is 2. The van der Waals surface area contributed by atoms with Crippen LogP contribution in [-0.4, -0.2) is 18.9 Å². The van der Waals surface area contributed by atoms with Gasteiger partial charge in [0.15, 0.2) is 0 Å². The van der Waals surface area contributed by atoms with Gasteiger partial charge in [0.25, 0.3) is 0 Å². The molecule has 0 aliphatic carbocycles. The van der Waals surface area contributed by atoms with Gasteiger partial charge in [0, 0.05) is 32.9 Å². The molecule has 0 atom stereocenters. The van der Waals surface area contributed by atoms with Gasteiger partial charge >= 0.3 is 7.60 Å². The van der Waals surface area contributed by atoms with Crippen molar-refractivity contribution in [3.8, 4) is 22.5 Å². The van der Waals surface area contributed by atoms with Crippen LogP contribution in [0.3, 0.4) is 0 Å². The van der Waals surface area contributed by atoms with Crippen molar-refractivity contribution in [2.75, 3.05) is 0 Å². The summed E-state index contributed by atoms with van der Waals surface area (Å²) in [6.45, 7) is 0. The summed E-state index contributed by atoms with van der Waals surface area (Å²) in [5, 5.41) is 4.29. The highest BCUT2D eigenvalue weighted by molar-refractivity contribution is 7.60. The highest BCUT2D eigenvalue weighted by atomic mass is 31.2. The van der Waals surface area contributed by atoms with Crippen LogP contribution in [0.25, 0.3) is 66.1 Å². The van der Waals surface area contributed by atoms with Gasteiger partial charge in [0.1, 0.15) is 0 Å². The molecule has 8 aromatic rings. The zero-order valence-electron chi connectivity index (χ0n) is 22.4. The first-order valence-electron chi connectivity index (χ1n) is 13.8. The average molecular weight is 565 g/mol. The van der Waals surface area contributed by atoms with Gasteiger partial charge in [-0.05, 0) is 71.8 Å². The molecule has 0 radical (unpaired) electrons. The zero-order chi connectivity index (χ0) is 28.4. The molecule has 0 bridgehead atoms. The number of para-hydroxylation sites is 3. The fraction of sp³-hybridized carbons (Fsp3) is 0. The van der Waals surface area contributed by atoms with E-state index in [2.05, 4.69) is 106 Å². The van der Waals surface area contributed by atoms with Crippen molar-refractivity contribution in [1.82, 2.24) is 9.13 Å². The molecular formula is C36H25N2O3P. The molecule has 2 aromatic heterocycles. The van der Waals surface area contributed by atoms with Crippen LogP contribution in [0.5, 0.6) is 0 Å². The first-order chi connectivity index (χ1) is 20.5. The summed E-state index contributed by atoms with van der Waals surface area (Å²) in [5.74, 6) is 0. The zero-order valence-corrected chi connectivity index (χ0v) is 23.3. The Kier molecular flexibility index (Phi) is 5.50.